The molecule has 0 aliphatic carbocycles. The number of hydrogen-bond donors (Lipinski definition) is 2. The van der Waals surface area contributed by atoms with Crippen molar-refractivity contribution in [2.75, 3.05) is 6.54 Å². The Balaban J connectivity index is 3.03. The molecular weight excluding hydrogens is 210 g/mol. The lowest BCUT2D eigenvalue weighted by Crippen LogP contribution is -2.22. The summed E-state index contributed by atoms with van der Waals surface area (Å²) in [6.07, 6.45) is 0. The average Bonchev–Trinajstić information content (AvgIpc) is 2.21. The number of carbonyl (C=O) groups excluding carboxylic acids is 2. The lowest BCUT2D eigenvalue weighted by atomic mass is 10.1. The average molecular weight is 223 g/mol. The van der Waals surface area contributed by atoms with Gasteiger partial charge in [-0.15, -0.1) is 0 Å². The summed E-state index contributed by atoms with van der Waals surface area (Å²) in [5.74, 6) is -1.31. The molecular formula is C11H13NO4. The van der Waals surface area contributed by atoms with Gasteiger partial charge in [-0.3, -0.25) is 9.59 Å². The van der Waals surface area contributed by atoms with Crippen LogP contribution in [-0.2, 0) is 4.79 Å². The summed E-state index contributed by atoms with van der Waals surface area (Å²) in [6, 6.07) is 4.40. The monoisotopic (exact) mass is 223 g/mol. The van der Waals surface area contributed by atoms with Crippen LogP contribution in [0.2, 0.25) is 0 Å². The fourth-order valence-corrected chi connectivity index (χ4v) is 1.20. The summed E-state index contributed by atoms with van der Waals surface area (Å²) in [5.41, 5.74) is 0.0839. The molecule has 0 aliphatic heterocycles. The van der Waals surface area contributed by atoms with Crippen molar-refractivity contribution in [3.8, 4) is 11.5 Å². The summed E-state index contributed by atoms with van der Waals surface area (Å²) >= 11 is 0. The normalized spacial score (nSPS) is 9.62. The number of para-hydroxylation sites is 1. The zero-order chi connectivity index (χ0) is 12.1. The van der Waals surface area contributed by atoms with Crippen LogP contribution in [0.3, 0.4) is 0 Å². The zero-order valence-electron chi connectivity index (χ0n) is 9.11. The SMILES string of the molecule is CCNC(=O)c1cccc(OC(C)=O)c1O. The van der Waals surface area contributed by atoms with Crippen molar-refractivity contribution in [1.29, 1.82) is 0 Å². The largest absolute Gasteiger partial charge is 0.504 e. The second-order valence-electron chi connectivity index (χ2n) is 3.11. The van der Waals surface area contributed by atoms with Crippen molar-refractivity contribution in [3.63, 3.8) is 0 Å². The highest BCUT2D eigenvalue weighted by Gasteiger charge is 2.15. The first-order chi connectivity index (χ1) is 7.56. The molecule has 0 heterocycles. The molecule has 0 spiro atoms. The first-order valence-electron chi connectivity index (χ1n) is 4.84. The molecule has 1 amide bonds. The van der Waals surface area contributed by atoms with Gasteiger partial charge in [-0.25, -0.2) is 0 Å². The molecule has 0 saturated heterocycles. The Labute approximate surface area is 93.0 Å². The highest BCUT2D eigenvalue weighted by Crippen LogP contribution is 2.29. The van der Waals surface area contributed by atoms with E-state index in [0.29, 0.717) is 6.54 Å². The lowest BCUT2D eigenvalue weighted by Gasteiger charge is -2.08. The summed E-state index contributed by atoms with van der Waals surface area (Å²) in [6.45, 7) is 3.44. The van der Waals surface area contributed by atoms with Crippen LogP contribution in [0.1, 0.15) is 24.2 Å². The van der Waals surface area contributed by atoms with E-state index in [4.69, 9.17) is 4.74 Å². The Kier molecular flexibility index (Phi) is 3.88. The maximum atomic E-state index is 11.5. The molecule has 0 aliphatic rings. The van der Waals surface area contributed by atoms with Crippen LogP contribution < -0.4 is 10.1 Å². The minimum absolute atomic E-state index is 0.0174. The van der Waals surface area contributed by atoms with Gasteiger partial charge in [-0.2, -0.15) is 0 Å². The number of aromatic hydroxyl groups is 1. The van der Waals surface area contributed by atoms with Gasteiger partial charge in [-0.05, 0) is 19.1 Å². The van der Waals surface area contributed by atoms with E-state index < -0.39 is 11.9 Å². The molecule has 5 nitrogen and oxygen atoms in total. The van der Waals surface area contributed by atoms with Crippen LogP contribution in [-0.4, -0.2) is 23.5 Å². The Morgan fingerprint density at radius 1 is 1.44 bits per heavy atom. The van der Waals surface area contributed by atoms with E-state index in [1.165, 1.54) is 25.1 Å². The number of nitrogens with one attached hydrogen (secondary N) is 1. The van der Waals surface area contributed by atoms with Crippen LogP contribution >= 0.6 is 0 Å². The number of rotatable bonds is 3. The summed E-state index contributed by atoms with van der Waals surface area (Å²) < 4.78 is 4.75. The maximum Gasteiger partial charge on any atom is 0.308 e. The summed E-state index contributed by atoms with van der Waals surface area (Å²) in [4.78, 5) is 22.2. The van der Waals surface area contributed by atoms with Crippen molar-refractivity contribution in [3.05, 3.63) is 23.8 Å². The van der Waals surface area contributed by atoms with Crippen LogP contribution in [0.5, 0.6) is 11.5 Å². The van der Waals surface area contributed by atoms with E-state index >= 15 is 0 Å². The molecule has 1 aromatic rings. The number of esters is 1. The van der Waals surface area contributed by atoms with Gasteiger partial charge < -0.3 is 15.2 Å². The number of phenolic OH excluding ortho intramolecular Hbond substituents is 1. The Morgan fingerprint density at radius 3 is 2.69 bits per heavy atom. The third-order valence-electron chi connectivity index (χ3n) is 1.83. The van der Waals surface area contributed by atoms with Gasteiger partial charge in [0.15, 0.2) is 11.5 Å². The molecule has 0 fully saturated rings. The Bertz CT molecular complexity index is 414. The van der Waals surface area contributed by atoms with Crippen molar-refractivity contribution in [1.82, 2.24) is 5.32 Å². The van der Waals surface area contributed by atoms with Gasteiger partial charge in [0.05, 0.1) is 5.56 Å². The molecule has 0 saturated carbocycles. The van der Waals surface area contributed by atoms with E-state index in [0.717, 1.165) is 0 Å². The maximum absolute atomic E-state index is 11.5. The highest BCUT2D eigenvalue weighted by molar-refractivity contribution is 5.97. The zero-order valence-corrected chi connectivity index (χ0v) is 9.11. The predicted molar refractivity (Wildman–Crippen MR) is 57.4 cm³/mol. The topological polar surface area (TPSA) is 75.6 Å². The van der Waals surface area contributed by atoms with Gasteiger partial charge in [0.25, 0.3) is 5.91 Å². The standard InChI is InChI=1S/C11H13NO4/c1-3-12-11(15)8-5-4-6-9(10(8)14)16-7(2)13/h4-6,14H,3H2,1-2H3,(H,12,15). The van der Waals surface area contributed by atoms with Gasteiger partial charge in [0, 0.05) is 13.5 Å². The van der Waals surface area contributed by atoms with Gasteiger partial charge in [0.2, 0.25) is 0 Å². The molecule has 0 atom stereocenters. The first-order valence-corrected chi connectivity index (χ1v) is 4.84. The summed E-state index contributed by atoms with van der Waals surface area (Å²) in [7, 11) is 0. The molecule has 1 aromatic carbocycles. The number of phenols is 1. The molecule has 0 aromatic heterocycles. The van der Waals surface area contributed by atoms with Crippen LogP contribution in [0.25, 0.3) is 0 Å². The third kappa shape index (κ3) is 2.73. The predicted octanol–water partition coefficient (Wildman–Crippen LogP) is 1.07. The second kappa shape index (κ2) is 5.16. The second-order valence-corrected chi connectivity index (χ2v) is 3.11. The minimum atomic E-state index is -0.552. The van der Waals surface area contributed by atoms with Crippen LogP contribution in [0, 0.1) is 0 Å². The van der Waals surface area contributed by atoms with E-state index in [9.17, 15) is 14.7 Å². The quantitative estimate of drug-likeness (QED) is 0.593. The molecule has 1 rings (SSSR count). The first kappa shape index (κ1) is 12.0. The van der Waals surface area contributed by atoms with Crippen LogP contribution in [0.4, 0.5) is 0 Å². The number of amides is 1. The fraction of sp³-hybridized carbons (Fsp3) is 0.273. The number of carbonyl (C=O) groups is 2. The van der Waals surface area contributed by atoms with Gasteiger partial charge >= 0.3 is 5.97 Å². The lowest BCUT2D eigenvalue weighted by molar-refractivity contribution is -0.132. The summed E-state index contributed by atoms with van der Waals surface area (Å²) in [5, 5.41) is 12.2. The number of hydrogen-bond acceptors (Lipinski definition) is 4. The van der Waals surface area contributed by atoms with Crippen molar-refractivity contribution in [2.45, 2.75) is 13.8 Å². The van der Waals surface area contributed by atoms with Crippen molar-refractivity contribution < 1.29 is 19.4 Å². The van der Waals surface area contributed by atoms with Crippen molar-refractivity contribution >= 4 is 11.9 Å². The molecule has 5 heteroatoms. The van der Waals surface area contributed by atoms with E-state index in [2.05, 4.69) is 5.32 Å². The Hall–Kier alpha value is -2.04. The number of ether oxygens (including phenoxy) is 1. The third-order valence-corrected chi connectivity index (χ3v) is 1.83. The van der Waals surface area contributed by atoms with Crippen molar-refractivity contribution in [2.24, 2.45) is 0 Å². The highest BCUT2D eigenvalue weighted by atomic mass is 16.5. The molecule has 0 bridgehead atoms. The molecule has 2 N–H and O–H groups in total. The molecule has 0 radical (unpaired) electrons. The van der Waals surface area contributed by atoms with Crippen LogP contribution in [0.15, 0.2) is 18.2 Å². The molecule has 86 valence electrons. The smallest absolute Gasteiger partial charge is 0.308 e. The number of benzene rings is 1. The molecule has 16 heavy (non-hydrogen) atoms. The van der Waals surface area contributed by atoms with Gasteiger partial charge in [0.1, 0.15) is 0 Å². The van der Waals surface area contributed by atoms with E-state index in [-0.39, 0.29) is 17.1 Å². The molecule has 0 unspecified atom stereocenters. The fourth-order valence-electron chi connectivity index (χ4n) is 1.20. The van der Waals surface area contributed by atoms with Gasteiger partial charge in [-0.1, -0.05) is 6.07 Å². The Morgan fingerprint density at radius 2 is 2.12 bits per heavy atom. The van der Waals surface area contributed by atoms with E-state index in [1.54, 1.807) is 6.92 Å². The van der Waals surface area contributed by atoms with E-state index in [1.807, 2.05) is 0 Å². The minimum Gasteiger partial charge on any atom is -0.504 e.